The highest BCUT2D eigenvalue weighted by Crippen LogP contribution is 2.56. The minimum Gasteiger partial charge on any atom is -0.497 e. The topological polar surface area (TPSA) is 69.5 Å². The van der Waals surface area contributed by atoms with E-state index in [0.29, 0.717) is 62.7 Å². The van der Waals surface area contributed by atoms with Crippen LogP contribution in [0.15, 0.2) is 209 Å². The number of halogens is 3. The first-order valence-electron chi connectivity index (χ1n) is 24.2. The van der Waals surface area contributed by atoms with Gasteiger partial charge in [0, 0.05) is 24.2 Å². The zero-order valence-electron chi connectivity index (χ0n) is 39.5. The predicted molar refractivity (Wildman–Crippen MR) is 297 cm³/mol. The lowest BCUT2D eigenvalue weighted by Gasteiger charge is -2.33. The summed E-state index contributed by atoms with van der Waals surface area (Å²) in [6.07, 6.45) is 5.09. The second-order valence-corrected chi connectivity index (χ2v) is 23.0. The van der Waals surface area contributed by atoms with Crippen molar-refractivity contribution in [1.82, 2.24) is 19.5 Å². The van der Waals surface area contributed by atoms with E-state index in [9.17, 15) is 0 Å². The minimum atomic E-state index is -4.52. The van der Waals surface area contributed by atoms with E-state index in [2.05, 4.69) is 124 Å². The Morgan fingerprint density at radius 3 is 1.88 bits per heavy atom. The zero-order valence-corrected chi connectivity index (χ0v) is 42.5. The van der Waals surface area contributed by atoms with E-state index in [1.54, 1.807) is 7.11 Å². The molecule has 2 aliphatic heterocycles. The monoisotopic (exact) mass is 1080 g/mol. The maximum atomic E-state index is 18.4. The first kappa shape index (κ1) is 45.8. The van der Waals surface area contributed by atoms with Crippen LogP contribution in [-0.4, -0.2) is 55.7 Å². The fourth-order valence-corrected chi connectivity index (χ4v) is 16.4. The quantitative estimate of drug-likeness (QED) is 0.0618. The third-order valence-electron chi connectivity index (χ3n) is 14.1. The summed E-state index contributed by atoms with van der Waals surface area (Å²) in [6.45, 7) is -3.62. The standard InChI is InChI=1S/C59H48BF2IN6O2P/c1-70-47-33-35-51-44(38-47)30-34-52-53(41-18-7-2-8-19-41)58-64-59-54(42-20-9-3-10-21-42)55(63)56(68(59)60(61,62)69(58)57(51)52)43-28-31-46(32-29-43)71-40-45-39-67(66-65-45)36-17-37-72(48-22-11-4-12-23-48,49-24-13-5-14-25-49)50-26-15-6-16-27-50/h2-16,18-29,31-33,35,38-39H,17,30,34,36-37,40H2,1H3/q+1. The molecule has 0 fully saturated rings. The van der Waals surface area contributed by atoms with Gasteiger partial charge in [-0.1, -0.05) is 120 Å². The van der Waals surface area contributed by atoms with Crippen molar-refractivity contribution in [3.63, 3.8) is 0 Å². The molecule has 354 valence electrons. The lowest BCUT2D eigenvalue weighted by Crippen LogP contribution is -2.53. The molecular formula is C59H48BF2IN6O2P+. The largest absolute Gasteiger partial charge is 0.642 e. The van der Waals surface area contributed by atoms with Crippen LogP contribution in [0.1, 0.15) is 34.4 Å². The number of methoxy groups -OCH3 is 1. The average molecular weight is 1080 g/mol. The van der Waals surface area contributed by atoms with Gasteiger partial charge < -0.3 is 27.1 Å². The van der Waals surface area contributed by atoms with E-state index in [-0.39, 0.29) is 18.3 Å². The average Bonchev–Trinajstić information content (AvgIpc) is 4.13. The lowest BCUT2D eigenvalue weighted by molar-refractivity contribution is -0.291. The highest BCUT2D eigenvalue weighted by Gasteiger charge is 2.56. The summed E-state index contributed by atoms with van der Waals surface area (Å²) in [6, 6.07) is 65.4. The molecule has 1 aliphatic carbocycles. The van der Waals surface area contributed by atoms with E-state index in [0.717, 1.165) is 46.0 Å². The highest BCUT2D eigenvalue weighted by molar-refractivity contribution is 14.1. The van der Waals surface area contributed by atoms with E-state index in [1.165, 1.54) is 24.9 Å². The van der Waals surface area contributed by atoms with Gasteiger partial charge in [-0.25, -0.2) is 0 Å². The lowest BCUT2D eigenvalue weighted by atomic mass is 9.85. The van der Waals surface area contributed by atoms with Gasteiger partial charge in [-0.2, -0.15) is 0 Å². The van der Waals surface area contributed by atoms with Gasteiger partial charge in [-0.15, -0.1) is 5.10 Å². The van der Waals surface area contributed by atoms with Crippen molar-refractivity contribution in [1.29, 1.82) is 0 Å². The summed E-state index contributed by atoms with van der Waals surface area (Å²) < 4.78 is 53.7. The van der Waals surface area contributed by atoms with E-state index in [1.807, 2.05) is 114 Å². The number of ether oxygens (including phenoxy) is 2. The van der Waals surface area contributed by atoms with Crippen molar-refractivity contribution < 1.29 is 22.6 Å². The molecule has 0 amide bonds. The van der Waals surface area contributed by atoms with Crippen LogP contribution in [-0.2, 0) is 26.0 Å². The Kier molecular flexibility index (Phi) is 12.1. The second-order valence-electron chi connectivity index (χ2n) is 18.3. The summed E-state index contributed by atoms with van der Waals surface area (Å²) >= 11 is 2.24. The van der Waals surface area contributed by atoms with Gasteiger partial charge in [0.2, 0.25) is 5.82 Å². The number of aromatic nitrogens is 4. The number of benzene rings is 7. The number of aliphatic imine (C=N–C) groups is 1. The molecule has 13 heteroatoms. The summed E-state index contributed by atoms with van der Waals surface area (Å²) in [4.78, 5) is 5.32. The van der Waals surface area contributed by atoms with Crippen LogP contribution in [0.3, 0.4) is 0 Å². The maximum Gasteiger partial charge on any atom is 0.642 e. The number of hydrogen-bond donors (Lipinski definition) is 0. The Labute approximate surface area is 431 Å². The van der Waals surface area contributed by atoms with E-state index in [4.69, 9.17) is 14.5 Å². The van der Waals surface area contributed by atoms with Crippen LogP contribution >= 0.6 is 29.9 Å². The predicted octanol–water partition coefficient (Wildman–Crippen LogP) is 12.1. The summed E-state index contributed by atoms with van der Waals surface area (Å²) in [5.41, 5.74) is 7.92. The molecule has 72 heavy (non-hydrogen) atoms. The van der Waals surface area contributed by atoms with Gasteiger partial charge in [0.1, 0.15) is 52.7 Å². The number of aryl methyl sites for hydroxylation is 2. The number of allylic oxidation sites excluding steroid dienone is 1. The molecule has 2 aromatic heterocycles. The van der Waals surface area contributed by atoms with Gasteiger partial charge in [0.05, 0.1) is 34.2 Å². The van der Waals surface area contributed by atoms with Crippen molar-refractivity contribution in [2.75, 3.05) is 13.3 Å². The SMILES string of the molecule is COc1ccc2c(c1)CCc1c(-c3ccccc3)c3n(c1-2)[B-](F)(F)[N+]1=C(c2ccc(OCc4cn(CCC[P+](c5ccccc5)(c5ccccc5)c5ccccc5)nn4)cc2)C(I)=C(c2ccccc2)C1=N3. The van der Waals surface area contributed by atoms with Crippen LogP contribution in [0, 0.1) is 0 Å². The van der Waals surface area contributed by atoms with Crippen molar-refractivity contribution in [3.8, 4) is 33.9 Å². The Bertz CT molecular complexity index is 3470. The Balaban J connectivity index is 0.845. The molecule has 0 radical (unpaired) electrons. The first-order valence-corrected chi connectivity index (χ1v) is 27.3. The van der Waals surface area contributed by atoms with Gasteiger partial charge in [0.25, 0.3) is 5.84 Å². The molecule has 8 nitrogen and oxygen atoms in total. The highest BCUT2D eigenvalue weighted by atomic mass is 127. The van der Waals surface area contributed by atoms with Crippen molar-refractivity contribution in [2.24, 2.45) is 4.99 Å². The zero-order chi connectivity index (χ0) is 48.8. The molecule has 12 rings (SSSR count). The summed E-state index contributed by atoms with van der Waals surface area (Å²) in [5, 5.41) is 13.0. The molecule has 0 unspecified atom stereocenters. The maximum absolute atomic E-state index is 18.4. The first-order chi connectivity index (χ1) is 35.3. The van der Waals surface area contributed by atoms with Crippen LogP contribution in [0.2, 0.25) is 0 Å². The fourth-order valence-electron chi connectivity index (χ4n) is 10.9. The molecular weight excluding hydrogens is 1030 g/mol. The molecule has 0 bridgehead atoms. The van der Waals surface area contributed by atoms with Gasteiger partial charge in [-0.05, 0) is 147 Å². The molecule has 0 saturated heterocycles. The smallest absolute Gasteiger partial charge is 0.497 e. The third-order valence-corrected chi connectivity index (χ3v) is 19.7. The molecule has 0 spiro atoms. The van der Waals surface area contributed by atoms with Crippen molar-refractivity contribution >= 4 is 75.7 Å². The molecule has 0 saturated carbocycles. The third kappa shape index (κ3) is 7.92. The summed E-state index contributed by atoms with van der Waals surface area (Å²) in [5.74, 6) is 1.79. The van der Waals surface area contributed by atoms with Crippen LogP contribution < -0.4 is 25.4 Å². The van der Waals surface area contributed by atoms with Crippen LogP contribution in [0.25, 0.3) is 28.0 Å². The molecule has 7 aromatic carbocycles. The van der Waals surface area contributed by atoms with Crippen LogP contribution in [0.5, 0.6) is 11.5 Å². The number of amidine groups is 1. The molecule has 0 N–H and O–H groups in total. The van der Waals surface area contributed by atoms with E-state index >= 15 is 8.63 Å². The minimum absolute atomic E-state index is 0.198. The van der Waals surface area contributed by atoms with Crippen molar-refractivity contribution in [2.45, 2.75) is 32.4 Å². The van der Waals surface area contributed by atoms with Gasteiger partial charge >= 0.3 is 6.97 Å². The molecule has 9 aromatic rings. The number of rotatable bonds is 14. The van der Waals surface area contributed by atoms with Gasteiger partial charge in [-0.3, -0.25) is 4.68 Å². The Hall–Kier alpha value is -7.28. The van der Waals surface area contributed by atoms with Crippen LogP contribution in [0.4, 0.5) is 14.4 Å². The fraction of sp³-hybridized carbons (Fsp3) is 0.119. The Morgan fingerprint density at radius 2 is 1.26 bits per heavy atom. The number of hydrogen-bond acceptors (Lipinski definition) is 5. The van der Waals surface area contributed by atoms with Crippen molar-refractivity contribution in [3.05, 3.63) is 232 Å². The second kappa shape index (κ2) is 19.0. The van der Waals surface area contributed by atoms with E-state index < -0.39 is 14.2 Å². The molecule has 3 aliphatic rings. The molecule has 4 heterocycles. The normalized spacial score (nSPS) is 14.6. The van der Waals surface area contributed by atoms with Gasteiger partial charge in [0.15, 0.2) is 0 Å². The number of nitrogens with zero attached hydrogens (tertiary/aromatic N) is 6. The number of fused-ring (bicyclic) bond motifs is 6. The Morgan fingerprint density at radius 1 is 0.681 bits per heavy atom. The summed E-state index contributed by atoms with van der Waals surface area (Å²) in [7, 11) is -0.350. The molecule has 0 atom stereocenters.